The maximum Gasteiger partial charge on any atom is 0.331 e. The molecule has 0 aliphatic carbocycles. The molecule has 136 valence electrons. The normalized spacial score (nSPS) is 11.9. The van der Waals surface area contributed by atoms with Gasteiger partial charge in [0.2, 0.25) is 0 Å². The molecule has 0 spiro atoms. The van der Waals surface area contributed by atoms with E-state index in [1.807, 2.05) is 37.3 Å². The van der Waals surface area contributed by atoms with Crippen LogP contribution in [-0.2, 0) is 14.3 Å². The first-order valence-corrected chi connectivity index (χ1v) is 8.53. The molecule has 26 heavy (non-hydrogen) atoms. The van der Waals surface area contributed by atoms with Gasteiger partial charge in [-0.05, 0) is 35.8 Å². The first-order valence-electron chi connectivity index (χ1n) is 8.53. The Morgan fingerprint density at radius 2 is 1.92 bits per heavy atom. The molecule has 0 aromatic heterocycles. The molecule has 0 radical (unpaired) electrons. The molecule has 0 saturated carbocycles. The predicted octanol–water partition coefficient (Wildman–Crippen LogP) is 4.04. The van der Waals surface area contributed by atoms with E-state index in [1.165, 1.54) is 24.3 Å². The lowest BCUT2D eigenvalue weighted by Gasteiger charge is -2.18. The molecule has 0 unspecified atom stereocenters. The standard InChI is InChI=1S/C21H22FNO3/c1-2-7-19(17-9-4-3-5-10-17)23-20(24)15-26-21(25)13-12-16-8-6-11-18(22)14-16/h3-6,8-14,19H,2,7,15H2,1H3,(H,23,24)/b13-12+/t19-/m0/s1. The number of esters is 1. The molecule has 1 N–H and O–H groups in total. The summed E-state index contributed by atoms with van der Waals surface area (Å²) < 4.78 is 18.0. The maximum atomic E-state index is 13.1. The molecule has 0 saturated heterocycles. The van der Waals surface area contributed by atoms with Crippen molar-refractivity contribution in [2.24, 2.45) is 0 Å². The van der Waals surface area contributed by atoms with Crippen LogP contribution in [0.3, 0.4) is 0 Å². The summed E-state index contributed by atoms with van der Waals surface area (Å²) in [6.07, 6.45) is 4.31. The van der Waals surface area contributed by atoms with Crippen LogP contribution in [0.25, 0.3) is 6.08 Å². The summed E-state index contributed by atoms with van der Waals surface area (Å²) in [5.74, 6) is -1.40. The van der Waals surface area contributed by atoms with E-state index in [0.29, 0.717) is 5.56 Å². The summed E-state index contributed by atoms with van der Waals surface area (Å²) in [7, 11) is 0. The summed E-state index contributed by atoms with van der Waals surface area (Å²) in [5, 5.41) is 2.88. The van der Waals surface area contributed by atoms with Gasteiger partial charge in [-0.25, -0.2) is 9.18 Å². The summed E-state index contributed by atoms with van der Waals surface area (Å²) >= 11 is 0. The highest BCUT2D eigenvalue weighted by Crippen LogP contribution is 2.17. The number of carbonyl (C=O) groups is 2. The Bertz CT molecular complexity index is 759. The van der Waals surface area contributed by atoms with Crippen LogP contribution in [0, 0.1) is 5.82 Å². The molecule has 0 fully saturated rings. The molecular weight excluding hydrogens is 333 g/mol. The first-order chi connectivity index (χ1) is 12.6. The van der Waals surface area contributed by atoms with Crippen molar-refractivity contribution in [3.8, 4) is 0 Å². The highest BCUT2D eigenvalue weighted by atomic mass is 19.1. The number of nitrogens with one attached hydrogen (secondary N) is 1. The van der Waals surface area contributed by atoms with E-state index in [1.54, 1.807) is 12.1 Å². The van der Waals surface area contributed by atoms with Gasteiger partial charge in [-0.1, -0.05) is 55.8 Å². The zero-order chi connectivity index (χ0) is 18.8. The van der Waals surface area contributed by atoms with Gasteiger partial charge in [0, 0.05) is 6.08 Å². The summed E-state index contributed by atoms with van der Waals surface area (Å²) in [5.41, 5.74) is 1.55. The van der Waals surface area contributed by atoms with Crippen LogP contribution in [-0.4, -0.2) is 18.5 Å². The largest absolute Gasteiger partial charge is 0.452 e. The average Bonchev–Trinajstić information content (AvgIpc) is 2.65. The highest BCUT2D eigenvalue weighted by molar-refractivity contribution is 5.89. The first kappa shape index (κ1) is 19.4. The van der Waals surface area contributed by atoms with Crippen molar-refractivity contribution in [1.29, 1.82) is 0 Å². The number of ether oxygens (including phenoxy) is 1. The molecule has 2 aromatic rings. The van der Waals surface area contributed by atoms with Crippen LogP contribution < -0.4 is 5.32 Å². The lowest BCUT2D eigenvalue weighted by Crippen LogP contribution is -2.32. The molecule has 0 bridgehead atoms. The SMILES string of the molecule is CCC[C@H](NC(=O)COC(=O)/C=C/c1cccc(F)c1)c1ccccc1. The molecule has 0 heterocycles. The van der Waals surface area contributed by atoms with Crippen molar-refractivity contribution in [2.45, 2.75) is 25.8 Å². The Morgan fingerprint density at radius 1 is 1.15 bits per heavy atom. The van der Waals surface area contributed by atoms with Crippen LogP contribution in [0.4, 0.5) is 4.39 Å². The van der Waals surface area contributed by atoms with Gasteiger partial charge in [0.1, 0.15) is 5.82 Å². The molecule has 0 aliphatic heterocycles. The van der Waals surface area contributed by atoms with Crippen LogP contribution in [0.1, 0.15) is 36.9 Å². The fourth-order valence-corrected chi connectivity index (χ4v) is 2.49. The Morgan fingerprint density at radius 3 is 2.62 bits per heavy atom. The summed E-state index contributed by atoms with van der Waals surface area (Å²) in [6, 6.07) is 15.4. The lowest BCUT2D eigenvalue weighted by atomic mass is 10.0. The summed E-state index contributed by atoms with van der Waals surface area (Å²) in [4.78, 5) is 23.8. The van der Waals surface area contributed by atoms with Gasteiger partial charge in [-0.2, -0.15) is 0 Å². The monoisotopic (exact) mass is 355 g/mol. The Labute approximate surface area is 152 Å². The Hall–Kier alpha value is -2.95. The quantitative estimate of drug-likeness (QED) is 0.574. The smallest absolute Gasteiger partial charge is 0.331 e. The second-order valence-corrected chi connectivity index (χ2v) is 5.82. The Balaban J connectivity index is 1.84. The zero-order valence-electron chi connectivity index (χ0n) is 14.7. The number of hydrogen-bond donors (Lipinski definition) is 1. The van der Waals surface area contributed by atoms with Gasteiger partial charge in [-0.3, -0.25) is 4.79 Å². The number of halogens is 1. The van der Waals surface area contributed by atoms with E-state index in [-0.39, 0.29) is 24.4 Å². The maximum absolute atomic E-state index is 13.1. The van der Waals surface area contributed by atoms with Gasteiger partial charge >= 0.3 is 5.97 Å². The van der Waals surface area contributed by atoms with Gasteiger partial charge in [0.25, 0.3) is 5.91 Å². The number of carbonyl (C=O) groups excluding carboxylic acids is 2. The predicted molar refractivity (Wildman–Crippen MR) is 98.6 cm³/mol. The van der Waals surface area contributed by atoms with E-state index in [4.69, 9.17) is 4.74 Å². The fraction of sp³-hybridized carbons (Fsp3) is 0.238. The molecule has 4 nitrogen and oxygen atoms in total. The third-order valence-electron chi connectivity index (χ3n) is 3.72. The molecular formula is C21H22FNO3. The lowest BCUT2D eigenvalue weighted by molar-refractivity contribution is -0.144. The van der Waals surface area contributed by atoms with Gasteiger partial charge in [0.15, 0.2) is 6.61 Å². The minimum Gasteiger partial charge on any atom is -0.452 e. The van der Waals surface area contributed by atoms with E-state index in [2.05, 4.69) is 5.32 Å². The van der Waals surface area contributed by atoms with Crippen molar-refractivity contribution in [2.75, 3.05) is 6.61 Å². The van der Waals surface area contributed by atoms with Crippen LogP contribution in [0.5, 0.6) is 0 Å². The van der Waals surface area contributed by atoms with E-state index in [0.717, 1.165) is 18.4 Å². The number of benzene rings is 2. The Kier molecular flexibility index (Phi) is 7.55. The van der Waals surface area contributed by atoms with E-state index < -0.39 is 5.97 Å². The molecule has 0 aliphatic rings. The molecule has 5 heteroatoms. The van der Waals surface area contributed by atoms with Crippen molar-refractivity contribution >= 4 is 18.0 Å². The van der Waals surface area contributed by atoms with Crippen LogP contribution >= 0.6 is 0 Å². The van der Waals surface area contributed by atoms with Crippen molar-refractivity contribution in [1.82, 2.24) is 5.32 Å². The molecule has 2 aromatic carbocycles. The third kappa shape index (κ3) is 6.51. The minimum atomic E-state index is -0.656. The second-order valence-electron chi connectivity index (χ2n) is 5.82. The fourth-order valence-electron chi connectivity index (χ4n) is 2.49. The number of rotatable bonds is 8. The number of amides is 1. The average molecular weight is 355 g/mol. The van der Waals surface area contributed by atoms with Gasteiger partial charge in [0.05, 0.1) is 6.04 Å². The second kappa shape index (κ2) is 10.1. The third-order valence-corrected chi connectivity index (χ3v) is 3.72. The van der Waals surface area contributed by atoms with Crippen LogP contribution in [0.15, 0.2) is 60.7 Å². The molecule has 2 rings (SSSR count). The number of hydrogen-bond acceptors (Lipinski definition) is 3. The topological polar surface area (TPSA) is 55.4 Å². The van der Waals surface area contributed by atoms with Gasteiger partial charge in [-0.15, -0.1) is 0 Å². The van der Waals surface area contributed by atoms with Crippen molar-refractivity contribution < 1.29 is 18.7 Å². The van der Waals surface area contributed by atoms with E-state index in [9.17, 15) is 14.0 Å². The zero-order valence-corrected chi connectivity index (χ0v) is 14.7. The van der Waals surface area contributed by atoms with Crippen molar-refractivity contribution in [3.63, 3.8) is 0 Å². The van der Waals surface area contributed by atoms with Crippen molar-refractivity contribution in [3.05, 3.63) is 77.6 Å². The summed E-state index contributed by atoms with van der Waals surface area (Å²) in [6.45, 7) is 1.68. The minimum absolute atomic E-state index is 0.116. The highest BCUT2D eigenvalue weighted by Gasteiger charge is 2.14. The molecule has 1 amide bonds. The molecule has 1 atom stereocenters. The van der Waals surface area contributed by atoms with Crippen LogP contribution in [0.2, 0.25) is 0 Å². The van der Waals surface area contributed by atoms with E-state index >= 15 is 0 Å². The van der Waals surface area contributed by atoms with Gasteiger partial charge < -0.3 is 10.1 Å².